The third-order valence-electron chi connectivity index (χ3n) is 4.70. The number of nitriles is 1. The van der Waals surface area contributed by atoms with Crippen molar-refractivity contribution in [2.24, 2.45) is 5.92 Å². The first-order valence-corrected chi connectivity index (χ1v) is 9.44. The molecule has 0 fully saturated rings. The van der Waals surface area contributed by atoms with Gasteiger partial charge < -0.3 is 14.8 Å². The lowest BCUT2D eigenvalue weighted by Crippen LogP contribution is -2.41. The number of amides is 1. The first kappa shape index (κ1) is 19.7. The third-order valence-corrected chi connectivity index (χ3v) is 4.70. The van der Waals surface area contributed by atoms with Gasteiger partial charge in [0.1, 0.15) is 13.2 Å². The molecule has 2 aromatic carbocycles. The Bertz CT molecular complexity index is 872. The molecule has 146 valence electrons. The van der Waals surface area contributed by atoms with E-state index in [9.17, 15) is 4.79 Å². The molecule has 0 radical (unpaired) electrons. The Kier molecular flexibility index (Phi) is 6.17. The van der Waals surface area contributed by atoms with E-state index in [0.29, 0.717) is 24.5 Å². The van der Waals surface area contributed by atoms with E-state index in [0.717, 1.165) is 17.1 Å². The van der Waals surface area contributed by atoms with Crippen LogP contribution in [0.5, 0.6) is 11.5 Å². The number of carbonyl (C=O) groups excluding carboxylic acids is 1. The normalized spacial score (nSPS) is 14.8. The maximum absolute atomic E-state index is 12.6. The van der Waals surface area contributed by atoms with Crippen molar-refractivity contribution < 1.29 is 14.3 Å². The van der Waals surface area contributed by atoms with Crippen molar-refractivity contribution in [2.45, 2.75) is 32.9 Å². The Hall–Kier alpha value is -3.04. The topological polar surface area (TPSA) is 83.4 Å². The highest BCUT2D eigenvalue weighted by molar-refractivity contribution is 5.94. The summed E-state index contributed by atoms with van der Waals surface area (Å²) in [6, 6.07) is 14.4. The van der Waals surface area contributed by atoms with Crippen molar-refractivity contribution in [1.82, 2.24) is 5.32 Å². The van der Waals surface area contributed by atoms with E-state index in [4.69, 9.17) is 14.7 Å². The third kappa shape index (κ3) is 4.62. The zero-order valence-corrected chi connectivity index (χ0v) is 16.4. The Morgan fingerprint density at radius 3 is 2.36 bits per heavy atom. The monoisotopic (exact) mass is 379 g/mol. The van der Waals surface area contributed by atoms with E-state index in [2.05, 4.69) is 30.6 Å². The number of rotatable bonds is 6. The van der Waals surface area contributed by atoms with Gasteiger partial charge in [-0.25, -0.2) is 0 Å². The van der Waals surface area contributed by atoms with Crippen LogP contribution in [0.25, 0.3) is 0 Å². The van der Waals surface area contributed by atoms with Crippen LogP contribution in [0.4, 0.5) is 5.69 Å². The van der Waals surface area contributed by atoms with E-state index >= 15 is 0 Å². The van der Waals surface area contributed by atoms with Crippen LogP contribution in [0.2, 0.25) is 0 Å². The standard InChI is InChI=1S/C22H25N3O3/c1-14(2)21(17-6-9-19-20(12-17)28-11-10-27-19)24-15(3)22(26)25-18-7-4-16(13-23)5-8-18/h4-9,12,14-15,21,24H,10-11H2,1-3H3,(H,25,26)/t15-,21+/m0/s1. The molecule has 2 atom stereocenters. The van der Waals surface area contributed by atoms with E-state index in [-0.39, 0.29) is 17.9 Å². The molecule has 28 heavy (non-hydrogen) atoms. The summed E-state index contributed by atoms with van der Waals surface area (Å²) < 4.78 is 11.3. The van der Waals surface area contributed by atoms with Crippen molar-refractivity contribution in [2.75, 3.05) is 18.5 Å². The van der Waals surface area contributed by atoms with Gasteiger partial charge in [-0.05, 0) is 54.8 Å². The number of carbonyl (C=O) groups is 1. The molecule has 1 heterocycles. The van der Waals surface area contributed by atoms with Crippen LogP contribution < -0.4 is 20.1 Å². The van der Waals surface area contributed by atoms with Gasteiger partial charge in [-0.15, -0.1) is 0 Å². The predicted octanol–water partition coefficient (Wildman–Crippen LogP) is 3.64. The quantitative estimate of drug-likeness (QED) is 0.801. The second kappa shape index (κ2) is 8.77. The maximum Gasteiger partial charge on any atom is 0.241 e. The highest BCUT2D eigenvalue weighted by Crippen LogP contribution is 2.34. The largest absolute Gasteiger partial charge is 0.486 e. The Morgan fingerprint density at radius 2 is 1.71 bits per heavy atom. The van der Waals surface area contributed by atoms with E-state index in [1.54, 1.807) is 24.3 Å². The van der Waals surface area contributed by atoms with Crippen molar-refractivity contribution in [1.29, 1.82) is 5.26 Å². The van der Waals surface area contributed by atoms with E-state index in [1.165, 1.54) is 0 Å². The van der Waals surface area contributed by atoms with Crippen molar-refractivity contribution >= 4 is 11.6 Å². The number of nitrogens with one attached hydrogen (secondary N) is 2. The molecule has 6 heteroatoms. The van der Waals surface area contributed by atoms with Crippen LogP contribution in [-0.2, 0) is 4.79 Å². The summed E-state index contributed by atoms with van der Waals surface area (Å²) in [6.45, 7) is 7.16. The minimum atomic E-state index is -0.406. The zero-order valence-electron chi connectivity index (χ0n) is 16.4. The molecule has 0 saturated heterocycles. The van der Waals surface area contributed by atoms with Gasteiger partial charge >= 0.3 is 0 Å². The number of ether oxygens (including phenoxy) is 2. The number of benzene rings is 2. The number of hydrogen-bond donors (Lipinski definition) is 2. The molecule has 0 aliphatic carbocycles. The fourth-order valence-electron chi connectivity index (χ4n) is 3.15. The molecule has 0 aromatic heterocycles. The van der Waals surface area contributed by atoms with Gasteiger partial charge in [-0.1, -0.05) is 19.9 Å². The van der Waals surface area contributed by atoms with Crippen LogP contribution in [0.3, 0.4) is 0 Å². The molecule has 1 amide bonds. The lowest BCUT2D eigenvalue weighted by Gasteiger charge is -2.28. The smallest absolute Gasteiger partial charge is 0.241 e. The SMILES string of the molecule is CC(C)[C@@H](N[C@@H](C)C(=O)Nc1ccc(C#N)cc1)c1ccc2c(c1)OCCO2. The molecule has 2 N–H and O–H groups in total. The molecule has 3 rings (SSSR count). The minimum Gasteiger partial charge on any atom is -0.486 e. The molecular weight excluding hydrogens is 354 g/mol. The molecule has 1 aliphatic rings. The fourth-order valence-corrected chi connectivity index (χ4v) is 3.15. The Balaban J connectivity index is 1.69. The van der Waals surface area contributed by atoms with Crippen LogP contribution in [0.15, 0.2) is 42.5 Å². The van der Waals surface area contributed by atoms with Gasteiger partial charge in [-0.3, -0.25) is 10.1 Å². The summed E-state index contributed by atoms with van der Waals surface area (Å²) in [4.78, 5) is 12.6. The highest BCUT2D eigenvalue weighted by atomic mass is 16.6. The number of fused-ring (bicyclic) bond motifs is 1. The van der Waals surface area contributed by atoms with Crippen molar-refractivity contribution in [3.63, 3.8) is 0 Å². The van der Waals surface area contributed by atoms with Gasteiger partial charge in [0.2, 0.25) is 5.91 Å². The summed E-state index contributed by atoms with van der Waals surface area (Å²) in [6.07, 6.45) is 0. The molecule has 0 unspecified atom stereocenters. The molecule has 2 aromatic rings. The summed E-state index contributed by atoms with van der Waals surface area (Å²) in [7, 11) is 0. The lowest BCUT2D eigenvalue weighted by atomic mass is 9.94. The molecule has 0 saturated carbocycles. The summed E-state index contributed by atoms with van der Waals surface area (Å²) in [5.74, 6) is 1.63. The average Bonchev–Trinajstić information content (AvgIpc) is 2.71. The number of hydrogen-bond acceptors (Lipinski definition) is 5. The van der Waals surface area contributed by atoms with E-state index in [1.807, 2.05) is 25.1 Å². The zero-order chi connectivity index (χ0) is 20.1. The summed E-state index contributed by atoms with van der Waals surface area (Å²) in [5.41, 5.74) is 2.28. The molecule has 1 aliphatic heterocycles. The number of nitrogens with zero attached hydrogens (tertiary/aromatic N) is 1. The fraction of sp³-hybridized carbons (Fsp3) is 0.364. The van der Waals surface area contributed by atoms with Gasteiger partial charge in [0.15, 0.2) is 11.5 Å². The van der Waals surface area contributed by atoms with E-state index < -0.39 is 6.04 Å². The van der Waals surface area contributed by atoms with Crippen LogP contribution in [0.1, 0.15) is 37.9 Å². The predicted molar refractivity (Wildman–Crippen MR) is 107 cm³/mol. The molecule has 6 nitrogen and oxygen atoms in total. The maximum atomic E-state index is 12.6. The second-order valence-corrected chi connectivity index (χ2v) is 7.19. The minimum absolute atomic E-state index is 0.0162. The lowest BCUT2D eigenvalue weighted by molar-refractivity contribution is -0.118. The van der Waals surface area contributed by atoms with Crippen molar-refractivity contribution in [3.05, 3.63) is 53.6 Å². The summed E-state index contributed by atoms with van der Waals surface area (Å²) in [5, 5.41) is 15.2. The summed E-state index contributed by atoms with van der Waals surface area (Å²) >= 11 is 0. The molecular formula is C22H25N3O3. The van der Waals surface area contributed by atoms with Crippen LogP contribution >= 0.6 is 0 Å². The molecule has 0 spiro atoms. The average molecular weight is 379 g/mol. The van der Waals surface area contributed by atoms with Gasteiger partial charge in [0.25, 0.3) is 0 Å². The Morgan fingerprint density at radius 1 is 1.04 bits per heavy atom. The van der Waals surface area contributed by atoms with Gasteiger partial charge in [0.05, 0.1) is 17.7 Å². The number of anilines is 1. The Labute approximate surface area is 165 Å². The first-order valence-electron chi connectivity index (χ1n) is 9.44. The first-order chi connectivity index (χ1) is 13.5. The molecule has 0 bridgehead atoms. The van der Waals surface area contributed by atoms with Crippen molar-refractivity contribution in [3.8, 4) is 17.6 Å². The van der Waals surface area contributed by atoms with Gasteiger partial charge in [0, 0.05) is 11.7 Å². The highest BCUT2D eigenvalue weighted by Gasteiger charge is 2.23. The second-order valence-electron chi connectivity index (χ2n) is 7.19. The van der Waals surface area contributed by atoms with Crippen LogP contribution in [-0.4, -0.2) is 25.2 Å². The van der Waals surface area contributed by atoms with Gasteiger partial charge in [-0.2, -0.15) is 5.26 Å². The van der Waals surface area contributed by atoms with Crippen LogP contribution in [0, 0.1) is 17.2 Å².